The van der Waals surface area contributed by atoms with Gasteiger partial charge in [-0.3, -0.25) is 19.2 Å². The molecule has 1 heterocycles. The van der Waals surface area contributed by atoms with Crippen molar-refractivity contribution >= 4 is 23.5 Å². The van der Waals surface area contributed by atoms with Crippen molar-refractivity contribution in [3.8, 4) is 5.75 Å². The Morgan fingerprint density at radius 1 is 1.06 bits per heavy atom. The molecule has 0 saturated carbocycles. The molecule has 36 heavy (non-hydrogen) atoms. The van der Waals surface area contributed by atoms with Crippen LogP contribution in [0, 0.1) is 11.8 Å². The highest BCUT2D eigenvalue weighted by Crippen LogP contribution is 2.23. The Labute approximate surface area is 210 Å². The number of alkyl halides is 2. The van der Waals surface area contributed by atoms with Gasteiger partial charge >= 0.3 is 5.92 Å². The van der Waals surface area contributed by atoms with Gasteiger partial charge in [0, 0.05) is 12.1 Å². The molecule has 1 aromatic carbocycles. The van der Waals surface area contributed by atoms with E-state index in [1.807, 2.05) is 0 Å². The zero-order chi connectivity index (χ0) is 27.2. The Kier molecular flexibility index (Phi) is 9.92. The standard InChI is InChI=1S/C25H36F2N4O5/c1-14(2)19(21(32)25(26,27)13-28)29-23(34)18-7-6-12-31(18)24(35)20(15(3)4)30-22(33)16-8-10-17(36-5)11-9-16/h8-11,14-15,18-20H,6-7,12-13,28H2,1-5H3,(H,29,34)(H,30,33)/t18-,19-,20-/m0/s1. The number of ether oxygens (including phenoxy) is 1. The van der Waals surface area contributed by atoms with Gasteiger partial charge in [-0.2, -0.15) is 8.78 Å². The van der Waals surface area contributed by atoms with Crippen LogP contribution in [0.2, 0.25) is 0 Å². The van der Waals surface area contributed by atoms with Gasteiger partial charge in [-0.25, -0.2) is 0 Å². The lowest BCUT2D eigenvalue weighted by Gasteiger charge is -2.32. The number of hydrogen-bond acceptors (Lipinski definition) is 6. The van der Waals surface area contributed by atoms with Crippen LogP contribution in [-0.4, -0.2) is 72.7 Å². The molecular formula is C25H36F2N4O5. The smallest absolute Gasteiger partial charge is 0.319 e. The van der Waals surface area contributed by atoms with E-state index < -0.39 is 60.0 Å². The van der Waals surface area contributed by atoms with Crippen LogP contribution in [0.5, 0.6) is 5.75 Å². The Balaban J connectivity index is 2.17. The lowest BCUT2D eigenvalue weighted by molar-refractivity contribution is -0.148. The number of Topliss-reactive ketones (excluding diaryl/α,β-unsaturated/α-hetero) is 1. The first kappa shape index (κ1) is 29.2. The summed E-state index contributed by atoms with van der Waals surface area (Å²) in [6.45, 7) is 5.71. The molecule has 1 aliphatic rings. The van der Waals surface area contributed by atoms with E-state index in [2.05, 4.69) is 10.6 Å². The maximum absolute atomic E-state index is 14.0. The molecule has 11 heteroatoms. The number of amides is 3. The predicted molar refractivity (Wildman–Crippen MR) is 130 cm³/mol. The van der Waals surface area contributed by atoms with Gasteiger partial charge in [0.05, 0.1) is 19.7 Å². The number of hydrogen-bond donors (Lipinski definition) is 3. The fourth-order valence-corrected chi connectivity index (χ4v) is 4.07. The van der Waals surface area contributed by atoms with Gasteiger partial charge < -0.3 is 26.0 Å². The molecule has 200 valence electrons. The fourth-order valence-electron chi connectivity index (χ4n) is 4.07. The van der Waals surface area contributed by atoms with Crippen molar-refractivity contribution in [1.29, 1.82) is 0 Å². The first-order chi connectivity index (χ1) is 16.8. The largest absolute Gasteiger partial charge is 0.497 e. The molecule has 0 aliphatic carbocycles. The zero-order valence-corrected chi connectivity index (χ0v) is 21.3. The van der Waals surface area contributed by atoms with Crippen molar-refractivity contribution in [2.45, 2.75) is 64.6 Å². The van der Waals surface area contributed by atoms with Crippen LogP contribution in [-0.2, 0) is 14.4 Å². The number of halogens is 2. The normalized spacial score (nSPS) is 17.6. The Hall–Kier alpha value is -3.08. The Morgan fingerprint density at radius 2 is 1.64 bits per heavy atom. The van der Waals surface area contributed by atoms with Crippen LogP contribution in [0.25, 0.3) is 0 Å². The molecule has 0 spiro atoms. The summed E-state index contributed by atoms with van der Waals surface area (Å²) in [6.07, 6.45) is 0.821. The van der Waals surface area contributed by atoms with Gasteiger partial charge in [-0.05, 0) is 48.9 Å². The molecular weight excluding hydrogens is 474 g/mol. The molecule has 0 radical (unpaired) electrons. The maximum atomic E-state index is 14.0. The molecule has 4 N–H and O–H groups in total. The second kappa shape index (κ2) is 12.2. The third kappa shape index (κ3) is 6.77. The van der Waals surface area contributed by atoms with Crippen molar-refractivity contribution in [3.63, 3.8) is 0 Å². The molecule has 9 nitrogen and oxygen atoms in total. The molecule has 1 saturated heterocycles. The maximum Gasteiger partial charge on any atom is 0.319 e. The summed E-state index contributed by atoms with van der Waals surface area (Å²) in [5, 5.41) is 5.15. The first-order valence-electron chi connectivity index (χ1n) is 12.0. The molecule has 1 aromatic rings. The van der Waals surface area contributed by atoms with Gasteiger partial charge in [0.25, 0.3) is 5.91 Å². The van der Waals surface area contributed by atoms with Crippen LogP contribution < -0.4 is 21.1 Å². The summed E-state index contributed by atoms with van der Waals surface area (Å²) >= 11 is 0. The highest BCUT2D eigenvalue weighted by molar-refractivity contribution is 5.99. The van der Waals surface area contributed by atoms with Crippen LogP contribution in [0.1, 0.15) is 50.9 Å². The number of carbonyl (C=O) groups excluding carboxylic acids is 4. The van der Waals surface area contributed by atoms with Gasteiger partial charge in [0.2, 0.25) is 17.6 Å². The van der Waals surface area contributed by atoms with Gasteiger partial charge in [0.1, 0.15) is 17.8 Å². The molecule has 2 rings (SSSR count). The minimum Gasteiger partial charge on any atom is -0.497 e. The monoisotopic (exact) mass is 510 g/mol. The van der Waals surface area contributed by atoms with E-state index in [0.29, 0.717) is 24.2 Å². The number of nitrogens with one attached hydrogen (secondary N) is 2. The van der Waals surface area contributed by atoms with Crippen molar-refractivity contribution in [2.75, 3.05) is 20.2 Å². The van der Waals surface area contributed by atoms with E-state index in [0.717, 1.165) is 0 Å². The van der Waals surface area contributed by atoms with E-state index in [1.54, 1.807) is 38.1 Å². The van der Waals surface area contributed by atoms with Crippen LogP contribution >= 0.6 is 0 Å². The molecule has 3 atom stereocenters. The number of nitrogens with zero attached hydrogens (tertiary/aromatic N) is 1. The second-order valence-corrected chi connectivity index (χ2v) is 9.62. The molecule has 0 unspecified atom stereocenters. The first-order valence-corrected chi connectivity index (χ1v) is 12.0. The fraction of sp³-hybridized carbons (Fsp3) is 0.600. The van der Waals surface area contributed by atoms with Crippen LogP contribution in [0.4, 0.5) is 8.78 Å². The number of carbonyl (C=O) groups is 4. The van der Waals surface area contributed by atoms with Gasteiger partial charge in [0.15, 0.2) is 0 Å². The SMILES string of the molecule is COc1ccc(C(=O)N[C@H](C(=O)N2CCC[C@H]2C(=O)N[C@H](C(=O)C(F)(F)CN)C(C)C)C(C)C)cc1. The molecule has 1 fully saturated rings. The van der Waals surface area contributed by atoms with E-state index in [4.69, 9.17) is 10.5 Å². The van der Waals surface area contributed by atoms with Crippen molar-refractivity contribution in [2.24, 2.45) is 17.6 Å². The average Bonchev–Trinajstić information content (AvgIpc) is 3.34. The summed E-state index contributed by atoms with van der Waals surface area (Å²) in [7, 11) is 1.51. The summed E-state index contributed by atoms with van der Waals surface area (Å²) in [4.78, 5) is 52.9. The van der Waals surface area contributed by atoms with Crippen molar-refractivity contribution in [3.05, 3.63) is 29.8 Å². The van der Waals surface area contributed by atoms with Crippen molar-refractivity contribution in [1.82, 2.24) is 15.5 Å². The van der Waals surface area contributed by atoms with E-state index in [-0.39, 0.29) is 12.5 Å². The number of ketones is 1. The molecule has 0 aromatic heterocycles. The number of nitrogens with two attached hydrogens (primary N) is 1. The lowest BCUT2D eigenvalue weighted by atomic mass is 9.95. The Bertz CT molecular complexity index is 952. The highest BCUT2D eigenvalue weighted by Gasteiger charge is 2.45. The summed E-state index contributed by atoms with van der Waals surface area (Å²) in [5.74, 6) is -7.17. The number of likely N-dealkylation sites (tertiary alicyclic amines) is 1. The second-order valence-electron chi connectivity index (χ2n) is 9.62. The predicted octanol–water partition coefficient (Wildman–Crippen LogP) is 1.74. The van der Waals surface area contributed by atoms with Crippen LogP contribution in [0.3, 0.4) is 0 Å². The lowest BCUT2D eigenvalue weighted by Crippen LogP contribution is -2.59. The summed E-state index contributed by atoms with van der Waals surface area (Å²) in [6, 6.07) is 3.08. The molecule has 0 bridgehead atoms. The highest BCUT2D eigenvalue weighted by atomic mass is 19.3. The number of methoxy groups -OCH3 is 1. The summed E-state index contributed by atoms with van der Waals surface area (Å²) < 4.78 is 33.0. The van der Waals surface area contributed by atoms with Gasteiger partial charge in [-0.1, -0.05) is 27.7 Å². The van der Waals surface area contributed by atoms with E-state index in [1.165, 1.54) is 25.9 Å². The summed E-state index contributed by atoms with van der Waals surface area (Å²) in [5.41, 5.74) is 5.38. The van der Waals surface area contributed by atoms with E-state index in [9.17, 15) is 28.0 Å². The molecule has 1 aliphatic heterocycles. The average molecular weight is 511 g/mol. The minimum atomic E-state index is -3.78. The zero-order valence-electron chi connectivity index (χ0n) is 21.3. The third-order valence-corrected chi connectivity index (χ3v) is 6.27. The Morgan fingerprint density at radius 3 is 2.14 bits per heavy atom. The molecule has 3 amide bonds. The number of rotatable bonds is 11. The quantitative estimate of drug-likeness (QED) is 0.416. The van der Waals surface area contributed by atoms with Gasteiger partial charge in [-0.15, -0.1) is 0 Å². The number of benzene rings is 1. The topological polar surface area (TPSA) is 131 Å². The van der Waals surface area contributed by atoms with E-state index >= 15 is 0 Å². The third-order valence-electron chi connectivity index (χ3n) is 6.27. The van der Waals surface area contributed by atoms with Crippen LogP contribution in [0.15, 0.2) is 24.3 Å². The van der Waals surface area contributed by atoms with Crippen molar-refractivity contribution < 1.29 is 32.7 Å². The minimum absolute atomic E-state index is 0.262.